The number of hydrogen-bond acceptors (Lipinski definition) is 0. The molecule has 2 aromatic heterocycles. The highest BCUT2D eigenvalue weighted by Gasteiger charge is 2.12. The van der Waals surface area contributed by atoms with Crippen molar-refractivity contribution in [3.05, 3.63) is 70.6 Å². The molecule has 1 aromatic carbocycles. The average molecular weight is 278 g/mol. The molecule has 0 aliphatic carbocycles. The van der Waals surface area contributed by atoms with E-state index in [9.17, 15) is 0 Å². The number of nitrogens with zero attached hydrogens (tertiary/aromatic N) is 2. The van der Waals surface area contributed by atoms with Crippen molar-refractivity contribution in [3.8, 4) is 0 Å². The maximum Gasteiger partial charge on any atom is 0.287 e. The molecule has 0 amide bonds. The summed E-state index contributed by atoms with van der Waals surface area (Å²) in [6.07, 6.45) is 3.96. The number of aromatic nitrogens is 2. The minimum atomic E-state index is 0.699. The lowest BCUT2D eigenvalue weighted by atomic mass is 10.2. The fourth-order valence-corrected chi connectivity index (χ4v) is 2.44. The van der Waals surface area contributed by atoms with Crippen molar-refractivity contribution in [3.63, 3.8) is 0 Å². The van der Waals surface area contributed by atoms with Crippen LogP contribution in [0.2, 0.25) is 10.2 Å². The van der Waals surface area contributed by atoms with Gasteiger partial charge in [0.1, 0.15) is 18.9 Å². The lowest BCUT2D eigenvalue weighted by Crippen LogP contribution is -2.32. The third-order valence-corrected chi connectivity index (χ3v) is 3.62. The van der Waals surface area contributed by atoms with Gasteiger partial charge in [0.25, 0.3) is 5.65 Å². The van der Waals surface area contributed by atoms with Gasteiger partial charge < -0.3 is 0 Å². The molecule has 0 saturated carbocycles. The van der Waals surface area contributed by atoms with Gasteiger partial charge in [-0.15, -0.1) is 0 Å². The van der Waals surface area contributed by atoms with Gasteiger partial charge in [0.05, 0.1) is 0 Å². The Morgan fingerprint density at radius 3 is 2.67 bits per heavy atom. The second kappa shape index (κ2) is 4.63. The molecule has 3 aromatic rings. The Hall–Kier alpha value is -1.51. The fourth-order valence-electron chi connectivity index (χ4n) is 2.03. The first kappa shape index (κ1) is 11.6. The molecule has 0 aliphatic heterocycles. The van der Waals surface area contributed by atoms with E-state index < -0.39 is 0 Å². The Morgan fingerprint density at radius 2 is 1.83 bits per heavy atom. The second-order valence-electron chi connectivity index (χ2n) is 4.09. The van der Waals surface area contributed by atoms with E-state index in [1.807, 2.05) is 59.3 Å². The van der Waals surface area contributed by atoms with E-state index >= 15 is 0 Å². The van der Waals surface area contributed by atoms with Crippen LogP contribution in [0.5, 0.6) is 0 Å². The third kappa shape index (κ3) is 1.98. The van der Waals surface area contributed by atoms with Crippen LogP contribution >= 0.6 is 23.2 Å². The van der Waals surface area contributed by atoms with E-state index in [1.165, 1.54) is 0 Å². The highest BCUT2D eigenvalue weighted by Crippen LogP contribution is 2.15. The SMILES string of the molecule is Clc1ccccc1C[n+]1ccn2c(Cl)cccc21. The van der Waals surface area contributed by atoms with Crippen LogP contribution in [-0.2, 0) is 6.54 Å². The van der Waals surface area contributed by atoms with Crippen molar-refractivity contribution < 1.29 is 4.57 Å². The summed E-state index contributed by atoms with van der Waals surface area (Å²) in [4.78, 5) is 0. The van der Waals surface area contributed by atoms with Crippen molar-refractivity contribution in [2.75, 3.05) is 0 Å². The molecule has 0 unspecified atom stereocenters. The molecule has 0 radical (unpaired) electrons. The summed E-state index contributed by atoms with van der Waals surface area (Å²) in [6.45, 7) is 0.733. The van der Waals surface area contributed by atoms with E-state index in [1.54, 1.807) is 0 Å². The molecule has 0 atom stereocenters. The first-order valence-electron chi connectivity index (χ1n) is 5.64. The van der Waals surface area contributed by atoms with Gasteiger partial charge >= 0.3 is 0 Å². The number of pyridine rings is 1. The number of benzene rings is 1. The largest absolute Gasteiger partial charge is 0.287 e. The van der Waals surface area contributed by atoms with Gasteiger partial charge in [0, 0.05) is 16.7 Å². The van der Waals surface area contributed by atoms with Crippen molar-refractivity contribution in [2.24, 2.45) is 0 Å². The van der Waals surface area contributed by atoms with Crippen LogP contribution in [0.3, 0.4) is 0 Å². The highest BCUT2D eigenvalue weighted by molar-refractivity contribution is 6.31. The lowest BCUT2D eigenvalue weighted by molar-refractivity contribution is -0.661. The molecule has 2 nitrogen and oxygen atoms in total. The molecular formula is C14H11Cl2N2+. The summed E-state index contributed by atoms with van der Waals surface area (Å²) in [5, 5.41) is 1.48. The maximum atomic E-state index is 6.18. The van der Waals surface area contributed by atoms with E-state index in [0.717, 1.165) is 22.8 Å². The quantitative estimate of drug-likeness (QED) is 0.500. The Morgan fingerprint density at radius 1 is 1.00 bits per heavy atom. The topological polar surface area (TPSA) is 8.29 Å². The van der Waals surface area contributed by atoms with Crippen LogP contribution in [0, 0.1) is 0 Å². The number of hydrogen-bond donors (Lipinski definition) is 0. The first-order chi connectivity index (χ1) is 8.75. The zero-order chi connectivity index (χ0) is 12.5. The Balaban J connectivity index is 2.06. The predicted molar refractivity (Wildman–Crippen MR) is 73.2 cm³/mol. The van der Waals surface area contributed by atoms with Gasteiger partial charge in [-0.05, 0) is 29.8 Å². The van der Waals surface area contributed by atoms with Crippen molar-refractivity contribution >= 4 is 28.8 Å². The zero-order valence-electron chi connectivity index (χ0n) is 9.55. The van der Waals surface area contributed by atoms with Crippen LogP contribution in [0.25, 0.3) is 5.65 Å². The molecule has 2 heterocycles. The molecule has 0 N–H and O–H groups in total. The summed E-state index contributed by atoms with van der Waals surface area (Å²) >= 11 is 12.3. The van der Waals surface area contributed by atoms with Gasteiger partial charge in [-0.25, -0.2) is 4.57 Å². The van der Waals surface area contributed by atoms with Crippen LogP contribution < -0.4 is 4.57 Å². The number of imidazole rings is 1. The number of rotatable bonds is 2. The molecule has 3 rings (SSSR count). The van der Waals surface area contributed by atoms with E-state index in [4.69, 9.17) is 23.2 Å². The smallest absolute Gasteiger partial charge is 0.226 e. The van der Waals surface area contributed by atoms with Crippen LogP contribution in [0.1, 0.15) is 5.56 Å². The lowest BCUT2D eigenvalue weighted by Gasteiger charge is -2.01. The zero-order valence-corrected chi connectivity index (χ0v) is 11.1. The molecule has 4 heteroatoms. The summed E-state index contributed by atoms with van der Waals surface area (Å²) in [7, 11) is 0. The standard InChI is InChI=1S/C14H11Cl2N2/c15-12-5-2-1-4-11(12)10-17-8-9-18-13(16)6-3-7-14(17)18/h1-9H,10H2/q+1. The minimum Gasteiger partial charge on any atom is -0.226 e. The molecule has 0 saturated heterocycles. The van der Waals surface area contributed by atoms with Gasteiger partial charge in [0.2, 0.25) is 0 Å². The molecule has 0 aliphatic rings. The fraction of sp³-hybridized carbons (Fsp3) is 0.0714. The van der Waals surface area contributed by atoms with E-state index in [2.05, 4.69) is 4.57 Å². The summed E-state index contributed by atoms with van der Waals surface area (Å²) < 4.78 is 4.06. The maximum absolute atomic E-state index is 6.18. The molecule has 0 fully saturated rings. The monoisotopic (exact) mass is 277 g/mol. The Bertz CT molecular complexity index is 704. The van der Waals surface area contributed by atoms with Gasteiger partial charge in [-0.2, -0.15) is 4.40 Å². The second-order valence-corrected chi connectivity index (χ2v) is 4.89. The van der Waals surface area contributed by atoms with Gasteiger partial charge in [-0.3, -0.25) is 0 Å². The van der Waals surface area contributed by atoms with Crippen molar-refractivity contribution in [2.45, 2.75) is 6.54 Å². The van der Waals surface area contributed by atoms with Crippen molar-refractivity contribution in [1.29, 1.82) is 0 Å². The predicted octanol–water partition coefficient (Wildman–Crippen LogP) is 3.58. The van der Waals surface area contributed by atoms with E-state index in [0.29, 0.717) is 5.15 Å². The molecule has 0 spiro atoms. The highest BCUT2D eigenvalue weighted by atomic mass is 35.5. The Labute approximate surface area is 115 Å². The third-order valence-electron chi connectivity index (χ3n) is 2.94. The summed E-state index contributed by atoms with van der Waals surface area (Å²) in [6, 6.07) is 13.7. The summed E-state index contributed by atoms with van der Waals surface area (Å²) in [5.74, 6) is 0. The van der Waals surface area contributed by atoms with E-state index in [-0.39, 0.29) is 0 Å². The molecule has 0 bridgehead atoms. The van der Waals surface area contributed by atoms with Gasteiger partial charge in [0.15, 0.2) is 5.15 Å². The number of halogens is 2. The molecule has 90 valence electrons. The average Bonchev–Trinajstić information content (AvgIpc) is 2.77. The Kier molecular flexibility index (Phi) is 2.98. The molecule has 18 heavy (non-hydrogen) atoms. The van der Waals surface area contributed by atoms with Crippen LogP contribution in [-0.4, -0.2) is 4.40 Å². The normalized spacial score (nSPS) is 11.0. The number of fused-ring (bicyclic) bond motifs is 1. The summed E-state index contributed by atoms with van der Waals surface area (Å²) in [5.41, 5.74) is 2.14. The first-order valence-corrected chi connectivity index (χ1v) is 6.40. The van der Waals surface area contributed by atoms with Crippen molar-refractivity contribution in [1.82, 2.24) is 4.40 Å². The van der Waals surface area contributed by atoms with Crippen LogP contribution in [0.15, 0.2) is 54.9 Å². The molecular weight excluding hydrogens is 267 g/mol. The van der Waals surface area contributed by atoms with Gasteiger partial charge in [-0.1, -0.05) is 29.8 Å². The van der Waals surface area contributed by atoms with Crippen LogP contribution in [0.4, 0.5) is 0 Å². The minimum absolute atomic E-state index is 0.699.